The second kappa shape index (κ2) is 8.49. The van der Waals surface area contributed by atoms with Crippen molar-refractivity contribution in [2.45, 2.75) is 13.2 Å². The molecule has 2 heterocycles. The van der Waals surface area contributed by atoms with Crippen molar-refractivity contribution < 1.29 is 21.9 Å². The molecular formula is C21H16ClF2N3O5S. The van der Waals surface area contributed by atoms with Gasteiger partial charge in [0.1, 0.15) is 29.0 Å². The molecule has 1 N–H and O–H groups in total. The number of fused-ring (bicyclic) bond motifs is 1. The molecule has 33 heavy (non-hydrogen) atoms. The standard InChI is InChI=1S/C21H16ClF2N3O5S/c1-33(30,31)27-17-5-2-12(8-16(17)25-21(27)29)10-26-7-6-18(19(22)20(26)28)32-11-13-3-4-14(23)9-15(13)24/h2-9H,10-11H2,1H3,(H,25,29). The topological polar surface area (TPSA) is 103 Å². The molecule has 2 aromatic carbocycles. The zero-order valence-corrected chi connectivity index (χ0v) is 18.6. The van der Waals surface area contributed by atoms with E-state index in [-0.39, 0.29) is 35.0 Å². The molecule has 172 valence electrons. The van der Waals surface area contributed by atoms with Crippen molar-refractivity contribution in [2.75, 3.05) is 6.26 Å². The van der Waals surface area contributed by atoms with E-state index < -0.39 is 32.9 Å². The first kappa shape index (κ1) is 22.7. The van der Waals surface area contributed by atoms with E-state index in [0.717, 1.165) is 18.4 Å². The largest absolute Gasteiger partial charge is 0.487 e. The Morgan fingerprint density at radius 3 is 2.55 bits per heavy atom. The molecule has 4 aromatic rings. The molecule has 4 rings (SSSR count). The normalized spacial score (nSPS) is 11.8. The summed E-state index contributed by atoms with van der Waals surface area (Å²) in [6, 6.07) is 9.09. The Labute approximate surface area is 190 Å². The average molecular weight is 496 g/mol. The fourth-order valence-electron chi connectivity index (χ4n) is 3.32. The monoisotopic (exact) mass is 495 g/mol. The lowest BCUT2D eigenvalue weighted by Crippen LogP contribution is -2.23. The van der Waals surface area contributed by atoms with Gasteiger partial charge in [0.25, 0.3) is 5.56 Å². The van der Waals surface area contributed by atoms with Crippen LogP contribution in [0.2, 0.25) is 5.02 Å². The Morgan fingerprint density at radius 1 is 1.09 bits per heavy atom. The van der Waals surface area contributed by atoms with Crippen LogP contribution in [-0.2, 0) is 23.2 Å². The maximum Gasteiger partial charge on any atom is 0.340 e. The third-order valence-corrected chi connectivity index (χ3v) is 6.23. The van der Waals surface area contributed by atoms with Crippen LogP contribution in [-0.4, -0.2) is 28.2 Å². The van der Waals surface area contributed by atoms with Gasteiger partial charge in [-0.25, -0.2) is 22.0 Å². The molecule has 0 bridgehead atoms. The number of nitrogens with one attached hydrogen (secondary N) is 1. The number of hydrogen-bond acceptors (Lipinski definition) is 5. The molecule has 0 unspecified atom stereocenters. The van der Waals surface area contributed by atoms with Gasteiger partial charge in [-0.2, -0.15) is 3.97 Å². The number of nitrogens with zero attached hydrogens (tertiary/aromatic N) is 2. The van der Waals surface area contributed by atoms with Gasteiger partial charge >= 0.3 is 5.69 Å². The quantitative estimate of drug-likeness (QED) is 0.443. The highest BCUT2D eigenvalue weighted by Gasteiger charge is 2.16. The molecule has 2 aromatic heterocycles. The number of H-pyrrole nitrogens is 1. The van der Waals surface area contributed by atoms with Crippen molar-refractivity contribution >= 4 is 32.7 Å². The molecule has 0 atom stereocenters. The Kier molecular flexibility index (Phi) is 5.85. The van der Waals surface area contributed by atoms with E-state index in [2.05, 4.69) is 4.98 Å². The van der Waals surface area contributed by atoms with E-state index in [0.29, 0.717) is 15.1 Å². The van der Waals surface area contributed by atoms with Gasteiger partial charge in [0.2, 0.25) is 10.0 Å². The van der Waals surface area contributed by atoms with Gasteiger partial charge in [-0.3, -0.25) is 4.79 Å². The predicted octanol–water partition coefficient (Wildman–Crippen LogP) is 2.86. The number of imidazole rings is 1. The number of ether oxygens (including phenoxy) is 1. The van der Waals surface area contributed by atoms with E-state index in [1.807, 2.05) is 0 Å². The molecule has 0 amide bonds. The summed E-state index contributed by atoms with van der Waals surface area (Å²) in [5.74, 6) is -1.46. The van der Waals surface area contributed by atoms with Crippen LogP contribution in [0.5, 0.6) is 5.75 Å². The molecular weight excluding hydrogens is 480 g/mol. The molecule has 0 fully saturated rings. The molecule has 8 nitrogen and oxygen atoms in total. The summed E-state index contributed by atoms with van der Waals surface area (Å²) in [7, 11) is -3.79. The van der Waals surface area contributed by atoms with Crippen molar-refractivity contribution in [2.24, 2.45) is 0 Å². The average Bonchev–Trinajstić information content (AvgIpc) is 3.07. The third kappa shape index (κ3) is 4.55. The predicted molar refractivity (Wildman–Crippen MR) is 118 cm³/mol. The van der Waals surface area contributed by atoms with Gasteiger partial charge < -0.3 is 14.3 Å². The summed E-state index contributed by atoms with van der Waals surface area (Å²) in [6.07, 6.45) is 2.35. The maximum absolute atomic E-state index is 13.8. The van der Waals surface area contributed by atoms with Crippen LogP contribution in [0.3, 0.4) is 0 Å². The summed E-state index contributed by atoms with van der Waals surface area (Å²) < 4.78 is 57.8. The number of benzene rings is 2. The van der Waals surface area contributed by atoms with Crippen molar-refractivity contribution in [3.63, 3.8) is 0 Å². The van der Waals surface area contributed by atoms with Crippen LogP contribution in [0.25, 0.3) is 11.0 Å². The summed E-state index contributed by atoms with van der Waals surface area (Å²) in [6.45, 7) is -0.176. The minimum absolute atomic E-state index is 0.0339. The third-order valence-electron chi connectivity index (χ3n) is 4.86. The highest BCUT2D eigenvalue weighted by molar-refractivity contribution is 7.89. The van der Waals surface area contributed by atoms with Gasteiger partial charge in [-0.05, 0) is 35.9 Å². The molecule has 0 aliphatic rings. The number of aromatic nitrogens is 3. The minimum Gasteiger partial charge on any atom is -0.487 e. The first-order chi connectivity index (χ1) is 15.5. The maximum atomic E-state index is 13.8. The van der Waals surface area contributed by atoms with E-state index in [9.17, 15) is 26.8 Å². The van der Waals surface area contributed by atoms with Crippen LogP contribution in [0.15, 0.2) is 58.3 Å². The van der Waals surface area contributed by atoms with Crippen LogP contribution in [0.1, 0.15) is 11.1 Å². The second-order valence-electron chi connectivity index (χ2n) is 7.26. The Balaban J connectivity index is 1.58. The van der Waals surface area contributed by atoms with Crippen molar-refractivity contribution in [3.05, 3.63) is 97.3 Å². The van der Waals surface area contributed by atoms with E-state index in [1.165, 1.54) is 29.0 Å². The van der Waals surface area contributed by atoms with Crippen LogP contribution in [0, 0.1) is 11.6 Å². The smallest absolute Gasteiger partial charge is 0.340 e. The Hall–Kier alpha value is -3.44. The molecule has 0 radical (unpaired) electrons. The van der Waals surface area contributed by atoms with Crippen molar-refractivity contribution in [1.29, 1.82) is 0 Å². The lowest BCUT2D eigenvalue weighted by atomic mass is 10.2. The Morgan fingerprint density at radius 2 is 1.85 bits per heavy atom. The van der Waals surface area contributed by atoms with Crippen molar-refractivity contribution in [3.8, 4) is 5.75 Å². The molecule has 0 spiro atoms. The molecule has 0 saturated heterocycles. The number of halogens is 3. The first-order valence-corrected chi connectivity index (χ1v) is 11.7. The SMILES string of the molecule is CS(=O)(=O)n1c(=O)[nH]c2cc(Cn3ccc(OCc4ccc(F)cc4F)c(Cl)c3=O)ccc21. The van der Waals surface area contributed by atoms with Gasteiger partial charge in [0.15, 0.2) is 0 Å². The number of hydrogen-bond donors (Lipinski definition) is 1. The Bertz CT molecular complexity index is 1610. The highest BCUT2D eigenvalue weighted by atomic mass is 35.5. The molecule has 0 aliphatic heterocycles. The van der Waals surface area contributed by atoms with Gasteiger partial charge in [0.05, 0.1) is 23.8 Å². The zero-order chi connectivity index (χ0) is 23.9. The molecule has 0 saturated carbocycles. The lowest BCUT2D eigenvalue weighted by Gasteiger charge is -2.12. The van der Waals surface area contributed by atoms with Crippen molar-refractivity contribution in [1.82, 2.24) is 13.5 Å². The fraction of sp³-hybridized carbons (Fsp3) is 0.143. The molecule has 12 heteroatoms. The van der Waals surface area contributed by atoms with Crippen LogP contribution >= 0.6 is 11.6 Å². The van der Waals surface area contributed by atoms with Gasteiger partial charge in [-0.1, -0.05) is 17.7 Å². The van der Waals surface area contributed by atoms with E-state index >= 15 is 0 Å². The highest BCUT2D eigenvalue weighted by Crippen LogP contribution is 2.22. The van der Waals surface area contributed by atoms with Gasteiger partial charge in [-0.15, -0.1) is 0 Å². The van der Waals surface area contributed by atoms with E-state index in [1.54, 1.807) is 12.1 Å². The minimum atomic E-state index is -3.79. The number of aromatic amines is 1. The van der Waals surface area contributed by atoms with E-state index in [4.69, 9.17) is 16.3 Å². The van der Waals surface area contributed by atoms with Crippen LogP contribution in [0.4, 0.5) is 8.78 Å². The summed E-state index contributed by atoms with van der Waals surface area (Å²) >= 11 is 6.14. The zero-order valence-electron chi connectivity index (χ0n) is 17.0. The summed E-state index contributed by atoms with van der Waals surface area (Å²) in [5, 5.41) is -0.224. The molecule has 0 aliphatic carbocycles. The van der Waals surface area contributed by atoms with Crippen LogP contribution < -0.4 is 16.0 Å². The second-order valence-corrected chi connectivity index (χ2v) is 9.47. The number of pyridine rings is 1. The number of rotatable bonds is 6. The fourth-order valence-corrected chi connectivity index (χ4v) is 4.41. The first-order valence-electron chi connectivity index (χ1n) is 9.44. The summed E-state index contributed by atoms with van der Waals surface area (Å²) in [4.78, 5) is 27.1. The van der Waals surface area contributed by atoms with Gasteiger partial charge in [0, 0.05) is 17.8 Å². The lowest BCUT2D eigenvalue weighted by molar-refractivity contribution is 0.298. The summed E-state index contributed by atoms with van der Waals surface area (Å²) in [5.41, 5.74) is -0.179.